The van der Waals surface area contributed by atoms with Crippen molar-refractivity contribution in [1.29, 1.82) is 0 Å². The van der Waals surface area contributed by atoms with E-state index in [9.17, 15) is 63.0 Å². The highest BCUT2D eigenvalue weighted by atomic mass is 16.3. The molecule has 0 aliphatic carbocycles. The summed E-state index contributed by atoms with van der Waals surface area (Å²) < 4.78 is 0. The number of unbranched alkanes of at least 4 members (excludes halogenated alkanes) is 1. The van der Waals surface area contributed by atoms with Gasteiger partial charge in [-0.15, -0.1) is 0 Å². The summed E-state index contributed by atoms with van der Waals surface area (Å²) in [6.07, 6.45) is -0.841. The molecule has 29 heteroatoms. The number of hydrogen-bond donors (Lipinski definition) is 18. The standard InChI is InChI=1S/C52H98N16O13/c1-27(2)11-9-10-12-40(71)59-32(13-19-53)47(76)68-42(31(8)70)52(81)64-35(16-22-56)44(73)63-37-18-24-58-51(80)41(30(7)69)67-48(77)36(17-23-57)61-43(72)33(14-20-54)62-49(78)38(25-28(3)4)66-50(79)39(26-29(5)6)65-45(74)34(15-21-55)60-46(37)75/h27-39,41-42,69-70H,9-26,53-57H2,1-8H3,(H,58,80)(H,59,71)(H,60,75)(H,61,72)(H,62,78)(H,63,73)(H,64,81)(H,65,74)(H,66,79)(H,67,77)(H,68,76)/p+5/t30-,31-,32+,33+,34+,35+,36+,37+,38+,39-,41+,42+/m1/s1. The topological polar surface area (TPSA) is 499 Å². The molecule has 0 radical (unpaired) electrons. The van der Waals surface area contributed by atoms with Gasteiger partial charge in [0.05, 0.1) is 44.9 Å². The normalized spacial score (nSPS) is 23.2. The van der Waals surface area contributed by atoms with Crippen LogP contribution in [0.1, 0.15) is 132 Å². The first-order chi connectivity index (χ1) is 38.1. The lowest BCUT2D eigenvalue weighted by Gasteiger charge is -2.29. The van der Waals surface area contributed by atoms with E-state index in [1.165, 1.54) is 13.8 Å². The van der Waals surface area contributed by atoms with Crippen LogP contribution in [0.5, 0.6) is 0 Å². The van der Waals surface area contributed by atoms with Crippen LogP contribution in [0.2, 0.25) is 0 Å². The molecule has 28 N–H and O–H groups in total. The lowest BCUT2D eigenvalue weighted by atomic mass is 9.99. The average Bonchev–Trinajstić information content (AvgIpc) is 3.41. The van der Waals surface area contributed by atoms with Gasteiger partial charge in [0, 0.05) is 45.1 Å². The minimum atomic E-state index is -1.64. The predicted molar refractivity (Wildman–Crippen MR) is 294 cm³/mol. The highest BCUT2D eigenvalue weighted by molar-refractivity contribution is 5.99. The number of quaternary nitrogens is 5. The number of carbonyl (C=O) groups is 11. The van der Waals surface area contributed by atoms with E-state index in [2.05, 4.69) is 101 Å². The van der Waals surface area contributed by atoms with Crippen molar-refractivity contribution in [2.24, 2.45) is 17.8 Å². The first-order valence-electron chi connectivity index (χ1n) is 28.8. The third-order valence-corrected chi connectivity index (χ3v) is 13.3. The van der Waals surface area contributed by atoms with E-state index in [-0.39, 0.29) is 102 Å². The van der Waals surface area contributed by atoms with Crippen molar-refractivity contribution in [2.45, 2.75) is 205 Å². The average molecular weight is 1160 g/mol. The zero-order valence-corrected chi connectivity index (χ0v) is 49.3. The second kappa shape index (κ2) is 38.6. The number of rotatable bonds is 28. The van der Waals surface area contributed by atoms with Crippen molar-refractivity contribution in [3.05, 3.63) is 0 Å². The molecule has 0 unspecified atom stereocenters. The number of aliphatic hydroxyl groups is 2. The van der Waals surface area contributed by atoms with Crippen molar-refractivity contribution >= 4 is 65.0 Å². The van der Waals surface area contributed by atoms with Crippen LogP contribution in [0.4, 0.5) is 0 Å². The first kappa shape index (κ1) is 72.9. The van der Waals surface area contributed by atoms with Crippen LogP contribution >= 0.6 is 0 Å². The molecule has 1 aliphatic rings. The molecule has 0 spiro atoms. The molecular weight excluding hydrogens is 1060 g/mol. The van der Waals surface area contributed by atoms with Gasteiger partial charge in [-0.25, -0.2) is 0 Å². The van der Waals surface area contributed by atoms with Crippen molar-refractivity contribution in [3.8, 4) is 0 Å². The molecule has 1 fully saturated rings. The van der Waals surface area contributed by atoms with Crippen molar-refractivity contribution in [2.75, 3.05) is 39.3 Å². The Morgan fingerprint density at radius 1 is 0.494 bits per heavy atom. The maximum absolute atomic E-state index is 14.5. The second-order valence-electron chi connectivity index (χ2n) is 22.2. The number of aliphatic hydroxyl groups excluding tert-OH is 2. The number of carbonyl (C=O) groups excluding carboxylic acids is 11. The molecular formula is C52H103N16O13+5. The molecule has 0 bridgehead atoms. The second-order valence-corrected chi connectivity index (χ2v) is 22.2. The van der Waals surface area contributed by atoms with Gasteiger partial charge < -0.3 is 97.4 Å². The molecule has 0 aromatic carbocycles. The molecule has 29 nitrogen and oxygen atoms in total. The Labute approximate surface area is 475 Å². The van der Waals surface area contributed by atoms with Crippen LogP contribution in [0.25, 0.3) is 0 Å². The lowest BCUT2D eigenvalue weighted by Crippen LogP contribution is -2.63. The number of hydrogen-bond acceptors (Lipinski definition) is 13. The maximum atomic E-state index is 14.5. The molecule has 12 atom stereocenters. The van der Waals surface area contributed by atoms with E-state index in [0.717, 1.165) is 12.8 Å². The third kappa shape index (κ3) is 27.5. The summed E-state index contributed by atoms with van der Waals surface area (Å²) in [6, 6.07) is -13.8. The van der Waals surface area contributed by atoms with Crippen LogP contribution < -0.4 is 87.2 Å². The van der Waals surface area contributed by atoms with E-state index in [1.54, 1.807) is 13.8 Å². The quantitative estimate of drug-likeness (QED) is 0.0324. The van der Waals surface area contributed by atoms with Gasteiger partial charge in [-0.3, -0.25) is 52.7 Å². The first-order valence-corrected chi connectivity index (χ1v) is 28.8. The number of amides is 11. The molecule has 1 heterocycles. The van der Waals surface area contributed by atoms with E-state index < -0.39 is 145 Å². The highest BCUT2D eigenvalue weighted by Gasteiger charge is 2.38. The van der Waals surface area contributed by atoms with Gasteiger partial charge >= 0.3 is 0 Å². The fourth-order valence-electron chi connectivity index (χ4n) is 8.81. The summed E-state index contributed by atoms with van der Waals surface area (Å²) in [7, 11) is 0. The molecule has 0 saturated carbocycles. The van der Waals surface area contributed by atoms with Gasteiger partial charge in [-0.2, -0.15) is 0 Å². The summed E-state index contributed by atoms with van der Waals surface area (Å²) in [4.78, 5) is 153. The molecule has 81 heavy (non-hydrogen) atoms. The Bertz CT molecular complexity index is 2050. The fraction of sp³-hybridized carbons (Fsp3) is 0.788. The molecule has 1 rings (SSSR count). The zero-order valence-electron chi connectivity index (χ0n) is 49.3. The van der Waals surface area contributed by atoms with E-state index in [4.69, 9.17) is 0 Å². The van der Waals surface area contributed by atoms with E-state index in [1.807, 2.05) is 13.8 Å². The van der Waals surface area contributed by atoms with Gasteiger partial charge in [0.25, 0.3) is 0 Å². The Kier molecular flexibility index (Phi) is 34.7. The lowest BCUT2D eigenvalue weighted by molar-refractivity contribution is -0.369. The summed E-state index contributed by atoms with van der Waals surface area (Å²) >= 11 is 0. The molecule has 1 aliphatic heterocycles. The predicted octanol–water partition coefficient (Wildman–Crippen LogP) is -9.42. The van der Waals surface area contributed by atoms with Crippen LogP contribution in [0.15, 0.2) is 0 Å². The monoisotopic (exact) mass is 1160 g/mol. The van der Waals surface area contributed by atoms with Crippen LogP contribution in [0, 0.1) is 17.8 Å². The molecule has 0 aromatic heterocycles. The molecule has 11 amide bonds. The summed E-state index contributed by atoms with van der Waals surface area (Å²) in [5.41, 5.74) is 19.0. The van der Waals surface area contributed by atoms with Gasteiger partial charge in [-0.1, -0.05) is 54.4 Å². The van der Waals surface area contributed by atoms with Crippen LogP contribution in [0.3, 0.4) is 0 Å². The van der Waals surface area contributed by atoms with Gasteiger partial charge in [-0.05, 0) is 57.3 Å². The molecule has 1 saturated heterocycles. The van der Waals surface area contributed by atoms with Crippen molar-refractivity contribution in [3.63, 3.8) is 0 Å². The van der Waals surface area contributed by atoms with Gasteiger partial charge in [0.15, 0.2) is 0 Å². The van der Waals surface area contributed by atoms with E-state index >= 15 is 0 Å². The number of nitrogens with one attached hydrogen (secondary N) is 11. The Hall–Kier alpha value is -6.11. The molecule has 464 valence electrons. The zero-order chi connectivity index (χ0) is 61.5. The van der Waals surface area contributed by atoms with Crippen molar-refractivity contribution < 1.29 is 91.6 Å². The Morgan fingerprint density at radius 3 is 1.35 bits per heavy atom. The minimum Gasteiger partial charge on any atom is -0.391 e. The Balaban J connectivity index is 3.83. The molecule has 0 aromatic rings. The van der Waals surface area contributed by atoms with Crippen molar-refractivity contribution in [1.82, 2.24) is 58.5 Å². The third-order valence-electron chi connectivity index (χ3n) is 13.3. The summed E-state index contributed by atoms with van der Waals surface area (Å²) in [6.45, 7) is 14.1. The summed E-state index contributed by atoms with van der Waals surface area (Å²) in [5.74, 6) is -8.84. The fourth-order valence-corrected chi connectivity index (χ4v) is 8.81. The maximum Gasteiger partial charge on any atom is 0.245 e. The smallest absolute Gasteiger partial charge is 0.245 e. The van der Waals surface area contributed by atoms with Crippen LogP contribution in [-0.4, -0.2) is 187 Å². The van der Waals surface area contributed by atoms with E-state index in [0.29, 0.717) is 12.3 Å². The highest BCUT2D eigenvalue weighted by Crippen LogP contribution is 2.13. The van der Waals surface area contributed by atoms with Gasteiger partial charge in [0.2, 0.25) is 65.0 Å². The Morgan fingerprint density at radius 2 is 0.926 bits per heavy atom. The minimum absolute atomic E-state index is 0.0261. The summed E-state index contributed by atoms with van der Waals surface area (Å²) in [5, 5.41) is 50.2. The largest absolute Gasteiger partial charge is 0.391 e. The SMILES string of the molecule is CC(C)CCCCC(=O)N[C@@H](CC[NH3+])C(=O)N[C@H](C(=O)N[C@@H](CC[NH3+])C(=O)N[C@H]1CCNC(=O)[C@H]([C@@H](C)O)NC(=O)[C@H](CC[NH3+])NC(=O)[C@H](CC[NH3+])NC(=O)[C@H](CC(C)C)NC(=O)[C@@H](CC(C)C)NC(=O)[C@H](CC[NH3+])NC1=O)[C@@H](C)O. The van der Waals surface area contributed by atoms with Crippen LogP contribution in [-0.2, 0) is 52.7 Å². The van der Waals surface area contributed by atoms with Gasteiger partial charge in [0.1, 0.15) is 60.4 Å².